The monoisotopic (exact) mass is 275 g/mol. The molecule has 0 spiro atoms. The maximum Gasteiger partial charge on any atom is 0.290 e. The molecule has 1 heterocycles. The minimum atomic E-state index is -0.278. The van der Waals surface area contributed by atoms with Gasteiger partial charge < -0.3 is 0 Å². The summed E-state index contributed by atoms with van der Waals surface area (Å²) < 4.78 is 0. The quantitative estimate of drug-likeness (QED) is 0.851. The molecule has 1 aromatic carbocycles. The second kappa shape index (κ2) is 6.06. The number of allylic oxidation sites excluding steroid dienone is 1. The topological polar surface area (TPSA) is 46.2 Å². The Labute approximate surface area is 117 Å². The Hall–Kier alpha value is -1.55. The summed E-state index contributed by atoms with van der Waals surface area (Å²) in [4.78, 5) is 23.1. The lowest BCUT2D eigenvalue weighted by atomic mass is 9.92. The average molecular weight is 275 g/mol. The second-order valence-corrected chi connectivity index (χ2v) is 5.68. The van der Waals surface area contributed by atoms with Crippen molar-refractivity contribution in [3.8, 4) is 0 Å². The zero-order chi connectivity index (χ0) is 13.8. The van der Waals surface area contributed by atoms with E-state index in [1.165, 1.54) is 11.1 Å². The van der Waals surface area contributed by atoms with Crippen molar-refractivity contribution in [2.75, 3.05) is 0 Å². The molecule has 1 fully saturated rings. The summed E-state index contributed by atoms with van der Waals surface area (Å²) >= 11 is 0.986. The molecule has 1 aliphatic heterocycles. The number of carbonyl (C=O) groups excluding carboxylic acids is 2. The lowest BCUT2D eigenvalue weighted by Gasteiger charge is -2.13. The van der Waals surface area contributed by atoms with E-state index >= 15 is 0 Å². The first-order valence-corrected chi connectivity index (χ1v) is 7.21. The lowest BCUT2D eigenvalue weighted by molar-refractivity contribution is -0.115. The fourth-order valence-corrected chi connectivity index (χ4v) is 2.84. The van der Waals surface area contributed by atoms with Crippen molar-refractivity contribution >= 4 is 22.9 Å². The number of imide groups is 1. The van der Waals surface area contributed by atoms with Crippen molar-refractivity contribution in [1.29, 1.82) is 0 Å². The Morgan fingerprint density at radius 3 is 2.74 bits per heavy atom. The maximum absolute atomic E-state index is 11.5. The molecule has 2 amide bonds. The van der Waals surface area contributed by atoms with Crippen molar-refractivity contribution in [3.63, 3.8) is 0 Å². The highest BCUT2D eigenvalue weighted by Gasteiger charge is 2.25. The molecule has 0 aromatic heterocycles. The molecule has 0 radical (unpaired) electrons. The van der Waals surface area contributed by atoms with Crippen LogP contribution in [0.4, 0.5) is 4.79 Å². The third-order valence-electron chi connectivity index (χ3n) is 3.24. The van der Waals surface area contributed by atoms with E-state index in [-0.39, 0.29) is 11.1 Å². The molecule has 4 heteroatoms. The summed E-state index contributed by atoms with van der Waals surface area (Å²) in [6.07, 6.45) is 3.66. The number of carbonyl (C=O) groups is 2. The number of aryl methyl sites for hydroxylation is 1. The minimum Gasteiger partial charge on any atom is -0.282 e. The van der Waals surface area contributed by atoms with Gasteiger partial charge in [-0.3, -0.25) is 14.9 Å². The molecule has 3 nitrogen and oxygen atoms in total. The van der Waals surface area contributed by atoms with E-state index in [4.69, 9.17) is 0 Å². The lowest BCUT2D eigenvalue weighted by Crippen LogP contribution is -2.17. The molecule has 0 aliphatic carbocycles. The first-order chi connectivity index (χ1) is 9.10. The Bertz CT molecular complexity index is 537. The Balaban J connectivity index is 2.10. The molecule has 1 atom stereocenters. The van der Waals surface area contributed by atoms with Crippen LogP contribution in [-0.2, 0) is 4.79 Å². The van der Waals surface area contributed by atoms with Gasteiger partial charge in [-0.2, -0.15) is 0 Å². The Kier molecular flexibility index (Phi) is 4.43. The molecule has 1 unspecified atom stereocenters. The molecule has 1 N–H and O–H groups in total. The van der Waals surface area contributed by atoms with Crippen LogP contribution in [0.2, 0.25) is 0 Å². The summed E-state index contributed by atoms with van der Waals surface area (Å²) in [6.45, 7) is 4.21. The van der Waals surface area contributed by atoms with Gasteiger partial charge in [-0.15, -0.1) is 0 Å². The molecular weight excluding hydrogens is 258 g/mol. The van der Waals surface area contributed by atoms with Gasteiger partial charge in [-0.05, 0) is 43.0 Å². The van der Waals surface area contributed by atoms with Crippen LogP contribution < -0.4 is 5.32 Å². The van der Waals surface area contributed by atoms with Crippen molar-refractivity contribution in [2.24, 2.45) is 0 Å². The number of rotatable bonds is 4. The normalized spacial score (nSPS) is 18.7. The molecule has 1 saturated heterocycles. The predicted octanol–water partition coefficient (Wildman–Crippen LogP) is 3.75. The molecule has 1 aromatic rings. The molecule has 19 heavy (non-hydrogen) atoms. The number of benzene rings is 1. The summed E-state index contributed by atoms with van der Waals surface area (Å²) in [6, 6.07) is 8.43. The SMILES string of the molecule is CCC(CC=C1SC(=O)NC1=O)c1cccc(C)c1. The van der Waals surface area contributed by atoms with Gasteiger partial charge in [0.1, 0.15) is 0 Å². The second-order valence-electron chi connectivity index (χ2n) is 4.67. The number of amides is 2. The van der Waals surface area contributed by atoms with Gasteiger partial charge in [0.2, 0.25) is 0 Å². The fraction of sp³-hybridized carbons (Fsp3) is 0.333. The standard InChI is InChI=1S/C15H17NO2S/c1-3-11(12-6-4-5-10(2)9-12)7-8-13-14(17)16-15(18)19-13/h4-6,8-9,11H,3,7H2,1-2H3,(H,16,17,18). The van der Waals surface area contributed by atoms with Crippen molar-refractivity contribution in [2.45, 2.75) is 32.6 Å². The number of hydrogen-bond acceptors (Lipinski definition) is 3. The Morgan fingerprint density at radius 1 is 1.37 bits per heavy atom. The minimum absolute atomic E-state index is 0.269. The molecule has 0 saturated carbocycles. The number of thioether (sulfide) groups is 1. The van der Waals surface area contributed by atoms with E-state index < -0.39 is 0 Å². The molecule has 0 bridgehead atoms. The van der Waals surface area contributed by atoms with Crippen LogP contribution in [0.3, 0.4) is 0 Å². The van der Waals surface area contributed by atoms with Crippen LogP contribution in [0.5, 0.6) is 0 Å². The van der Waals surface area contributed by atoms with E-state index in [9.17, 15) is 9.59 Å². The summed E-state index contributed by atoms with van der Waals surface area (Å²) in [5.74, 6) is 0.116. The van der Waals surface area contributed by atoms with E-state index in [0.29, 0.717) is 10.8 Å². The van der Waals surface area contributed by atoms with Crippen molar-refractivity contribution in [3.05, 3.63) is 46.4 Å². The van der Waals surface area contributed by atoms with Gasteiger partial charge in [-0.1, -0.05) is 42.8 Å². The predicted molar refractivity (Wildman–Crippen MR) is 78.0 cm³/mol. The van der Waals surface area contributed by atoms with E-state index in [1.807, 2.05) is 6.08 Å². The molecular formula is C15H17NO2S. The third kappa shape index (κ3) is 3.47. The van der Waals surface area contributed by atoms with Crippen molar-refractivity contribution in [1.82, 2.24) is 5.32 Å². The zero-order valence-corrected chi connectivity index (χ0v) is 11.9. The first-order valence-electron chi connectivity index (χ1n) is 6.40. The van der Waals surface area contributed by atoms with E-state index in [0.717, 1.165) is 24.6 Å². The molecule has 2 rings (SSSR count). The molecule has 100 valence electrons. The largest absolute Gasteiger partial charge is 0.290 e. The van der Waals surface area contributed by atoms with E-state index in [1.54, 1.807) is 0 Å². The van der Waals surface area contributed by atoms with Crippen LogP contribution in [-0.4, -0.2) is 11.1 Å². The van der Waals surface area contributed by atoms with Crippen LogP contribution in [0.15, 0.2) is 35.2 Å². The number of nitrogens with one attached hydrogen (secondary N) is 1. The van der Waals surface area contributed by atoms with Crippen LogP contribution in [0, 0.1) is 6.92 Å². The van der Waals surface area contributed by atoms with E-state index in [2.05, 4.69) is 43.4 Å². The van der Waals surface area contributed by atoms with Gasteiger partial charge in [0.05, 0.1) is 4.91 Å². The van der Waals surface area contributed by atoms with Crippen LogP contribution in [0.25, 0.3) is 0 Å². The fourth-order valence-electron chi connectivity index (χ4n) is 2.17. The first kappa shape index (κ1) is 13.9. The van der Waals surface area contributed by atoms with Gasteiger partial charge >= 0.3 is 0 Å². The van der Waals surface area contributed by atoms with Crippen molar-refractivity contribution < 1.29 is 9.59 Å². The smallest absolute Gasteiger partial charge is 0.282 e. The van der Waals surface area contributed by atoms with Gasteiger partial charge in [0.25, 0.3) is 11.1 Å². The van der Waals surface area contributed by atoms with Gasteiger partial charge in [0, 0.05) is 0 Å². The maximum atomic E-state index is 11.5. The number of hydrogen-bond donors (Lipinski definition) is 1. The average Bonchev–Trinajstić information content (AvgIpc) is 2.69. The third-order valence-corrected chi connectivity index (χ3v) is 4.10. The molecule has 1 aliphatic rings. The highest BCUT2D eigenvalue weighted by molar-refractivity contribution is 8.18. The Morgan fingerprint density at radius 2 is 2.16 bits per heavy atom. The van der Waals surface area contributed by atoms with Crippen LogP contribution in [0.1, 0.15) is 36.8 Å². The summed E-state index contributed by atoms with van der Waals surface area (Å²) in [7, 11) is 0. The summed E-state index contributed by atoms with van der Waals surface area (Å²) in [5.41, 5.74) is 2.53. The summed E-state index contributed by atoms with van der Waals surface area (Å²) in [5, 5.41) is 2.00. The van der Waals surface area contributed by atoms with Crippen LogP contribution >= 0.6 is 11.8 Å². The highest BCUT2D eigenvalue weighted by atomic mass is 32.2. The van der Waals surface area contributed by atoms with Gasteiger partial charge in [0.15, 0.2) is 0 Å². The van der Waals surface area contributed by atoms with Gasteiger partial charge in [-0.25, -0.2) is 0 Å². The highest BCUT2D eigenvalue weighted by Crippen LogP contribution is 2.29. The zero-order valence-electron chi connectivity index (χ0n) is 11.1.